The molecule has 2 atom stereocenters. The van der Waals surface area contributed by atoms with Crippen LogP contribution in [0.1, 0.15) is 31.2 Å². The first kappa shape index (κ1) is 15.3. The number of carbonyl (C=O) groups excluding carboxylic acids is 1. The fourth-order valence-corrected chi connectivity index (χ4v) is 3.64. The maximum atomic E-state index is 12.6. The number of hydrogen-bond acceptors (Lipinski definition) is 4. The number of carbonyl (C=O) groups is 1. The van der Waals surface area contributed by atoms with E-state index in [1.54, 1.807) is 0 Å². The molecule has 120 valence electrons. The third-order valence-corrected chi connectivity index (χ3v) is 4.92. The van der Waals surface area contributed by atoms with Gasteiger partial charge in [0.2, 0.25) is 5.91 Å². The number of rotatable bonds is 2. The third-order valence-electron chi connectivity index (χ3n) is 4.92. The predicted octanol–water partition coefficient (Wildman–Crippen LogP) is 1.59. The lowest BCUT2D eigenvalue weighted by atomic mass is 9.86. The lowest BCUT2D eigenvalue weighted by Crippen LogP contribution is -2.51. The maximum Gasteiger partial charge on any atom is 0.225 e. The van der Waals surface area contributed by atoms with Crippen molar-refractivity contribution in [3.63, 3.8) is 0 Å². The highest BCUT2D eigenvalue weighted by Gasteiger charge is 2.31. The second-order valence-electron chi connectivity index (χ2n) is 6.49. The summed E-state index contributed by atoms with van der Waals surface area (Å²) in [6.07, 6.45) is 6.80. The Morgan fingerprint density at radius 1 is 1.27 bits per heavy atom. The molecule has 1 N–H and O–H groups in total. The minimum atomic E-state index is -0.288. The second kappa shape index (κ2) is 6.65. The van der Waals surface area contributed by atoms with E-state index < -0.39 is 0 Å². The van der Waals surface area contributed by atoms with E-state index in [1.807, 2.05) is 23.4 Å². The molecule has 22 heavy (non-hydrogen) atoms. The van der Waals surface area contributed by atoms with Crippen molar-refractivity contribution in [1.82, 2.24) is 9.88 Å². The molecule has 3 rings (SSSR count). The van der Waals surface area contributed by atoms with Gasteiger partial charge in [0.1, 0.15) is 0 Å². The molecule has 1 amide bonds. The van der Waals surface area contributed by atoms with Crippen molar-refractivity contribution >= 4 is 11.6 Å². The third kappa shape index (κ3) is 3.24. The van der Waals surface area contributed by atoms with Crippen LogP contribution in [0.2, 0.25) is 0 Å². The van der Waals surface area contributed by atoms with Crippen LogP contribution in [-0.4, -0.2) is 53.2 Å². The van der Waals surface area contributed by atoms with Gasteiger partial charge in [0.15, 0.2) is 0 Å². The Bertz CT molecular complexity index is 526. The van der Waals surface area contributed by atoms with Crippen molar-refractivity contribution in [3.05, 3.63) is 24.0 Å². The van der Waals surface area contributed by atoms with E-state index in [2.05, 4.69) is 16.8 Å². The molecule has 0 unspecified atom stereocenters. The van der Waals surface area contributed by atoms with Crippen LogP contribution in [0.4, 0.5) is 5.69 Å². The molecule has 0 bridgehead atoms. The van der Waals surface area contributed by atoms with E-state index in [1.165, 1.54) is 11.3 Å². The van der Waals surface area contributed by atoms with Crippen LogP contribution >= 0.6 is 0 Å². The topological polar surface area (TPSA) is 56.7 Å². The fraction of sp³-hybridized carbons (Fsp3) is 0.647. The summed E-state index contributed by atoms with van der Waals surface area (Å²) in [6.45, 7) is 5.35. The smallest absolute Gasteiger partial charge is 0.225 e. The largest absolute Gasteiger partial charge is 0.393 e. The van der Waals surface area contributed by atoms with Gasteiger partial charge in [-0.1, -0.05) is 6.42 Å². The van der Waals surface area contributed by atoms with Crippen LogP contribution in [0.5, 0.6) is 0 Å². The van der Waals surface area contributed by atoms with Crippen molar-refractivity contribution in [1.29, 1.82) is 0 Å². The summed E-state index contributed by atoms with van der Waals surface area (Å²) in [7, 11) is 0. The molecule has 2 aliphatic rings. The quantitative estimate of drug-likeness (QED) is 0.901. The first-order valence-corrected chi connectivity index (χ1v) is 8.27. The fourth-order valence-electron chi connectivity index (χ4n) is 3.64. The highest BCUT2D eigenvalue weighted by atomic mass is 16.3. The van der Waals surface area contributed by atoms with Gasteiger partial charge >= 0.3 is 0 Å². The zero-order valence-corrected chi connectivity index (χ0v) is 13.2. The van der Waals surface area contributed by atoms with Crippen LogP contribution in [0.15, 0.2) is 18.5 Å². The molecule has 1 saturated carbocycles. The van der Waals surface area contributed by atoms with Gasteiger partial charge in [-0.05, 0) is 37.8 Å². The summed E-state index contributed by atoms with van der Waals surface area (Å²) < 4.78 is 0. The van der Waals surface area contributed by atoms with Gasteiger partial charge in [-0.15, -0.1) is 0 Å². The second-order valence-corrected chi connectivity index (χ2v) is 6.49. The molecule has 1 aromatic rings. The SMILES string of the molecule is Cc1cnccc1N1CCN(C(=O)[C@H]2CCC[C@H](O)C2)CC1. The summed E-state index contributed by atoms with van der Waals surface area (Å²) in [4.78, 5) is 21.0. The monoisotopic (exact) mass is 303 g/mol. The number of aliphatic hydroxyl groups is 1. The Labute approximate surface area is 131 Å². The molecule has 2 heterocycles. The molecule has 5 nitrogen and oxygen atoms in total. The zero-order valence-electron chi connectivity index (χ0n) is 13.2. The summed E-state index contributed by atoms with van der Waals surface area (Å²) >= 11 is 0. The minimum Gasteiger partial charge on any atom is -0.393 e. The Morgan fingerprint density at radius 2 is 2.05 bits per heavy atom. The number of aryl methyl sites for hydroxylation is 1. The van der Waals surface area contributed by atoms with Crippen molar-refractivity contribution in [3.8, 4) is 0 Å². The number of hydrogen-bond donors (Lipinski definition) is 1. The molecule has 5 heteroatoms. The van der Waals surface area contributed by atoms with Crippen LogP contribution in [-0.2, 0) is 4.79 Å². The summed E-state index contributed by atoms with van der Waals surface area (Å²) in [5, 5.41) is 9.76. The number of piperazine rings is 1. The number of aliphatic hydroxyl groups excluding tert-OH is 1. The van der Waals surface area contributed by atoms with Gasteiger partial charge in [-0.3, -0.25) is 9.78 Å². The van der Waals surface area contributed by atoms with Crippen LogP contribution < -0.4 is 4.90 Å². The van der Waals surface area contributed by atoms with Crippen LogP contribution in [0.25, 0.3) is 0 Å². The predicted molar refractivity (Wildman–Crippen MR) is 85.7 cm³/mol. The minimum absolute atomic E-state index is 0.0259. The highest BCUT2D eigenvalue weighted by Crippen LogP contribution is 2.27. The standard InChI is InChI=1S/C17H25N3O2/c1-13-12-18-6-5-16(13)19-7-9-20(10-8-19)17(22)14-3-2-4-15(21)11-14/h5-6,12,14-15,21H,2-4,7-11H2,1H3/t14-,15-/m0/s1. The van der Waals surface area contributed by atoms with Crippen molar-refractivity contribution in [2.45, 2.75) is 38.7 Å². The zero-order chi connectivity index (χ0) is 15.5. The molecule has 0 spiro atoms. The molecular formula is C17H25N3O2. The first-order chi connectivity index (χ1) is 10.6. The highest BCUT2D eigenvalue weighted by molar-refractivity contribution is 5.79. The lowest BCUT2D eigenvalue weighted by molar-refractivity contribution is -0.138. The van der Waals surface area contributed by atoms with Gasteiger partial charge in [0, 0.05) is 50.2 Å². The molecule has 0 radical (unpaired) electrons. The molecule has 1 saturated heterocycles. The Balaban J connectivity index is 1.57. The molecule has 1 aromatic heterocycles. The van der Waals surface area contributed by atoms with E-state index >= 15 is 0 Å². The van der Waals surface area contributed by atoms with Crippen molar-refractivity contribution in [2.24, 2.45) is 5.92 Å². The average Bonchev–Trinajstić information content (AvgIpc) is 2.55. The maximum absolute atomic E-state index is 12.6. The normalized spacial score (nSPS) is 26.1. The van der Waals surface area contributed by atoms with Gasteiger partial charge in [0.05, 0.1) is 6.10 Å². The first-order valence-electron chi connectivity index (χ1n) is 8.27. The Hall–Kier alpha value is -1.62. The van der Waals surface area contributed by atoms with Gasteiger partial charge in [-0.2, -0.15) is 0 Å². The van der Waals surface area contributed by atoms with E-state index in [0.29, 0.717) is 6.42 Å². The molecule has 1 aliphatic heterocycles. The number of aromatic nitrogens is 1. The Morgan fingerprint density at radius 3 is 2.73 bits per heavy atom. The summed E-state index contributed by atoms with van der Waals surface area (Å²) in [5.41, 5.74) is 2.40. The Kier molecular flexibility index (Phi) is 4.62. The number of pyridine rings is 1. The van der Waals surface area contributed by atoms with Crippen LogP contribution in [0, 0.1) is 12.8 Å². The van der Waals surface area contributed by atoms with E-state index in [0.717, 1.165) is 45.4 Å². The van der Waals surface area contributed by atoms with E-state index in [9.17, 15) is 9.90 Å². The van der Waals surface area contributed by atoms with Gasteiger partial charge in [-0.25, -0.2) is 0 Å². The van der Waals surface area contributed by atoms with Crippen molar-refractivity contribution in [2.75, 3.05) is 31.1 Å². The molecule has 0 aromatic carbocycles. The molecule has 1 aliphatic carbocycles. The van der Waals surface area contributed by atoms with Gasteiger partial charge in [0.25, 0.3) is 0 Å². The molecule has 2 fully saturated rings. The van der Waals surface area contributed by atoms with Crippen LogP contribution in [0.3, 0.4) is 0 Å². The van der Waals surface area contributed by atoms with Gasteiger partial charge < -0.3 is 14.9 Å². The van der Waals surface area contributed by atoms with Crippen molar-refractivity contribution < 1.29 is 9.90 Å². The summed E-state index contributed by atoms with van der Waals surface area (Å²) in [5.74, 6) is 0.266. The number of nitrogens with zero attached hydrogens (tertiary/aromatic N) is 3. The average molecular weight is 303 g/mol. The lowest BCUT2D eigenvalue weighted by Gasteiger charge is -2.39. The van der Waals surface area contributed by atoms with E-state index in [4.69, 9.17) is 0 Å². The molecular weight excluding hydrogens is 278 g/mol. The summed E-state index contributed by atoms with van der Waals surface area (Å²) in [6, 6.07) is 2.05. The number of anilines is 1. The van der Waals surface area contributed by atoms with E-state index in [-0.39, 0.29) is 17.9 Å². The number of amides is 1.